The van der Waals surface area contributed by atoms with Crippen molar-refractivity contribution in [3.05, 3.63) is 47.4 Å². The summed E-state index contributed by atoms with van der Waals surface area (Å²) in [6.45, 7) is 4.12. The molecule has 0 heterocycles. The van der Waals surface area contributed by atoms with Gasteiger partial charge in [0.2, 0.25) is 0 Å². The summed E-state index contributed by atoms with van der Waals surface area (Å²) < 4.78 is 0. The Bertz CT molecular complexity index is 419. The molecule has 0 aromatic heterocycles. The number of hydrogen-bond acceptors (Lipinski definition) is 4. The van der Waals surface area contributed by atoms with Gasteiger partial charge in [-0.2, -0.15) is 0 Å². The lowest BCUT2D eigenvalue weighted by Gasteiger charge is -2.05. The maximum atomic E-state index is 11.8. The Morgan fingerprint density at radius 3 is 2.82 bits per heavy atom. The van der Waals surface area contributed by atoms with Crippen molar-refractivity contribution in [1.29, 1.82) is 0 Å². The van der Waals surface area contributed by atoms with Crippen LogP contribution in [0, 0.1) is 0 Å². The predicted octanol–water partition coefficient (Wildman–Crippen LogP) is 1.77. The van der Waals surface area contributed by atoms with E-state index in [9.17, 15) is 9.59 Å². The summed E-state index contributed by atoms with van der Waals surface area (Å²) in [5.74, 6) is 0.331. The number of ketones is 2. The van der Waals surface area contributed by atoms with E-state index in [1.54, 1.807) is 24.3 Å². The van der Waals surface area contributed by atoms with Gasteiger partial charge in [-0.3, -0.25) is 9.59 Å². The third-order valence-corrected chi connectivity index (χ3v) is 3.17. The Labute approximate surface area is 105 Å². The zero-order valence-electron chi connectivity index (χ0n) is 9.52. The first-order chi connectivity index (χ1) is 8.15. The first kappa shape index (κ1) is 13.7. The Morgan fingerprint density at radius 2 is 2.12 bits per heavy atom. The highest BCUT2D eigenvalue weighted by Crippen LogP contribution is 2.19. The van der Waals surface area contributed by atoms with Crippen LogP contribution in [-0.2, 0) is 9.59 Å². The molecule has 0 atom stereocenters. The number of carbonyl (C=O) groups excluding carboxylic acids is 2. The lowest BCUT2D eigenvalue weighted by molar-refractivity contribution is -0.115. The van der Waals surface area contributed by atoms with Crippen LogP contribution in [0.3, 0.4) is 0 Å². The molecular formula is C13H15NO2S. The fourth-order valence-corrected chi connectivity index (χ4v) is 1.96. The molecule has 0 bridgehead atoms. The molecule has 3 nitrogen and oxygen atoms in total. The zero-order valence-corrected chi connectivity index (χ0v) is 10.3. The monoisotopic (exact) mass is 249 g/mol. The lowest BCUT2D eigenvalue weighted by Crippen LogP contribution is -2.07. The second kappa shape index (κ2) is 7.04. The van der Waals surface area contributed by atoms with Crippen LogP contribution in [0.15, 0.2) is 47.4 Å². The normalized spacial score (nSPS) is 24.1. The molecule has 17 heavy (non-hydrogen) atoms. The van der Waals surface area contributed by atoms with Crippen molar-refractivity contribution in [2.45, 2.75) is 6.42 Å². The van der Waals surface area contributed by atoms with E-state index in [4.69, 9.17) is 5.73 Å². The first-order valence-electron chi connectivity index (χ1n) is 5.29. The molecule has 0 spiro atoms. The summed E-state index contributed by atoms with van der Waals surface area (Å²) in [5.41, 5.74) is 5.76. The molecule has 0 unspecified atom stereocenters. The Kier molecular flexibility index (Phi) is 5.66. The van der Waals surface area contributed by atoms with E-state index in [0.717, 1.165) is 0 Å². The van der Waals surface area contributed by atoms with Crippen molar-refractivity contribution in [3.8, 4) is 0 Å². The molecule has 1 aliphatic carbocycles. The van der Waals surface area contributed by atoms with E-state index in [1.165, 1.54) is 17.8 Å². The van der Waals surface area contributed by atoms with Crippen LogP contribution < -0.4 is 5.73 Å². The van der Waals surface area contributed by atoms with Crippen molar-refractivity contribution in [2.24, 2.45) is 5.73 Å². The number of thioether (sulfide) groups is 1. The molecule has 0 saturated carbocycles. The number of allylic oxidation sites excluding steroid dienone is 7. The van der Waals surface area contributed by atoms with Gasteiger partial charge in [0.15, 0.2) is 11.6 Å². The van der Waals surface area contributed by atoms with E-state index in [2.05, 4.69) is 6.58 Å². The topological polar surface area (TPSA) is 60.2 Å². The lowest BCUT2D eigenvalue weighted by atomic mass is 10.1. The average molecular weight is 249 g/mol. The van der Waals surface area contributed by atoms with Gasteiger partial charge in [0.05, 0.1) is 4.91 Å². The van der Waals surface area contributed by atoms with Crippen LogP contribution in [0.1, 0.15) is 6.42 Å². The van der Waals surface area contributed by atoms with E-state index in [-0.39, 0.29) is 11.6 Å². The quantitative estimate of drug-likeness (QED) is 0.774. The molecule has 4 heteroatoms. The molecule has 0 aromatic rings. The number of hydrogen-bond donors (Lipinski definition) is 1. The van der Waals surface area contributed by atoms with Crippen molar-refractivity contribution in [2.75, 3.05) is 12.3 Å². The number of Topliss-reactive ketones (excluding diaryl/α,β-unsaturated/α-hetero) is 1. The predicted molar refractivity (Wildman–Crippen MR) is 71.6 cm³/mol. The van der Waals surface area contributed by atoms with Gasteiger partial charge in [0, 0.05) is 30.4 Å². The number of nitrogens with two attached hydrogens (primary N) is 1. The maximum Gasteiger partial charge on any atom is 0.186 e. The van der Waals surface area contributed by atoms with Crippen LogP contribution in [0.5, 0.6) is 0 Å². The molecular weight excluding hydrogens is 234 g/mol. The summed E-state index contributed by atoms with van der Waals surface area (Å²) in [7, 11) is 0. The second-order valence-electron chi connectivity index (χ2n) is 3.45. The highest BCUT2D eigenvalue weighted by molar-refractivity contribution is 8.04. The number of carbonyl (C=O) groups is 2. The van der Waals surface area contributed by atoms with Gasteiger partial charge in [0.1, 0.15) is 0 Å². The van der Waals surface area contributed by atoms with Crippen molar-refractivity contribution >= 4 is 23.3 Å². The minimum atomic E-state index is -0.232. The third-order valence-electron chi connectivity index (χ3n) is 2.08. The molecule has 0 amide bonds. The van der Waals surface area contributed by atoms with Gasteiger partial charge in [-0.25, -0.2) is 0 Å². The van der Waals surface area contributed by atoms with Crippen LogP contribution >= 0.6 is 11.8 Å². The highest BCUT2D eigenvalue weighted by Gasteiger charge is 2.12. The molecule has 1 aliphatic rings. The summed E-state index contributed by atoms with van der Waals surface area (Å²) >= 11 is 1.32. The molecule has 1 rings (SSSR count). The summed E-state index contributed by atoms with van der Waals surface area (Å²) in [5, 5.41) is 0. The van der Waals surface area contributed by atoms with E-state index in [1.807, 2.05) is 0 Å². The van der Waals surface area contributed by atoms with Gasteiger partial charge in [-0.15, -0.1) is 11.8 Å². The van der Waals surface area contributed by atoms with Crippen molar-refractivity contribution in [1.82, 2.24) is 0 Å². The van der Waals surface area contributed by atoms with Gasteiger partial charge < -0.3 is 5.73 Å². The second-order valence-corrected chi connectivity index (χ2v) is 4.59. The molecule has 0 saturated heterocycles. The third kappa shape index (κ3) is 4.54. The SMILES string of the molecule is C=C1/C=C\C=C/CC(=O)/C(SCCN)=C\C1=O. The Balaban J connectivity index is 2.96. The Morgan fingerprint density at radius 1 is 1.35 bits per heavy atom. The van der Waals surface area contributed by atoms with Crippen LogP contribution in [0.25, 0.3) is 0 Å². The fourth-order valence-electron chi connectivity index (χ4n) is 1.19. The molecule has 0 aliphatic heterocycles. The van der Waals surface area contributed by atoms with E-state index >= 15 is 0 Å². The smallest absolute Gasteiger partial charge is 0.186 e. The highest BCUT2D eigenvalue weighted by atomic mass is 32.2. The summed E-state index contributed by atoms with van der Waals surface area (Å²) in [6.07, 6.45) is 8.50. The minimum Gasteiger partial charge on any atom is -0.330 e. The van der Waals surface area contributed by atoms with Gasteiger partial charge in [-0.05, 0) is 0 Å². The standard InChI is InChI=1S/C13H15NO2S/c1-10-5-3-2-4-6-11(15)13(9-12(10)16)17-8-7-14/h2-5,9H,1,6-8,14H2/b4-2-,5-3-,13-9+. The molecule has 2 N–H and O–H groups in total. The van der Waals surface area contributed by atoms with Crippen molar-refractivity contribution in [3.63, 3.8) is 0 Å². The summed E-state index contributed by atoms with van der Waals surface area (Å²) in [6, 6.07) is 0. The van der Waals surface area contributed by atoms with Crippen LogP contribution in [-0.4, -0.2) is 23.9 Å². The fraction of sp³-hybridized carbons (Fsp3) is 0.231. The molecule has 0 aromatic carbocycles. The summed E-state index contributed by atoms with van der Waals surface area (Å²) in [4.78, 5) is 24.0. The number of rotatable bonds is 3. The van der Waals surface area contributed by atoms with Crippen LogP contribution in [0.4, 0.5) is 0 Å². The van der Waals surface area contributed by atoms with Gasteiger partial charge in [-0.1, -0.05) is 30.9 Å². The van der Waals surface area contributed by atoms with Gasteiger partial charge in [0.25, 0.3) is 0 Å². The zero-order chi connectivity index (χ0) is 12.7. The first-order valence-corrected chi connectivity index (χ1v) is 6.28. The maximum absolute atomic E-state index is 11.8. The average Bonchev–Trinajstić information content (AvgIpc) is 2.32. The van der Waals surface area contributed by atoms with Gasteiger partial charge >= 0.3 is 0 Å². The minimum absolute atomic E-state index is 0.0591. The largest absolute Gasteiger partial charge is 0.330 e. The molecule has 0 fully saturated rings. The van der Waals surface area contributed by atoms with Crippen molar-refractivity contribution < 1.29 is 9.59 Å². The van der Waals surface area contributed by atoms with Crippen LogP contribution in [0.2, 0.25) is 0 Å². The Hall–Kier alpha value is -1.39. The van der Waals surface area contributed by atoms with E-state index in [0.29, 0.717) is 29.2 Å². The molecule has 0 radical (unpaired) electrons. The van der Waals surface area contributed by atoms with E-state index < -0.39 is 0 Å². The molecule has 90 valence electrons.